The highest BCUT2D eigenvalue weighted by Crippen LogP contribution is 2.10. The fraction of sp³-hybridized carbons (Fsp3) is 0.200. The summed E-state index contributed by atoms with van der Waals surface area (Å²) < 4.78 is 7.75. The minimum atomic E-state index is -0.0737. The summed E-state index contributed by atoms with van der Waals surface area (Å²) in [6.45, 7) is 2.69. The Morgan fingerprint density at radius 3 is 3.05 bits per heavy atom. The molecule has 0 aromatic carbocycles. The average Bonchev–Trinajstić information content (AvgIpc) is 3.00. The molecule has 108 valence electrons. The first-order valence-electron chi connectivity index (χ1n) is 6.68. The number of quaternary nitrogens is 1. The molecule has 0 aliphatic rings. The van der Waals surface area contributed by atoms with E-state index in [9.17, 15) is 4.79 Å². The van der Waals surface area contributed by atoms with Crippen LogP contribution in [0, 0.1) is 0 Å². The Hall–Kier alpha value is -1.92. The Morgan fingerprint density at radius 2 is 2.29 bits per heavy atom. The van der Waals surface area contributed by atoms with Crippen LogP contribution < -0.4 is 10.9 Å². The predicted molar refractivity (Wildman–Crippen MR) is 81.9 cm³/mol. The predicted octanol–water partition coefficient (Wildman–Crippen LogP) is 1.87. The zero-order valence-corrected chi connectivity index (χ0v) is 13.1. The zero-order valence-electron chi connectivity index (χ0n) is 11.5. The summed E-state index contributed by atoms with van der Waals surface area (Å²) in [6, 6.07) is 9.28. The van der Waals surface area contributed by atoms with Crippen molar-refractivity contribution < 1.29 is 9.73 Å². The van der Waals surface area contributed by atoms with Crippen LogP contribution in [0.1, 0.15) is 24.4 Å². The van der Waals surface area contributed by atoms with Crippen LogP contribution in [-0.4, -0.2) is 9.38 Å². The molecule has 0 spiro atoms. The third-order valence-corrected chi connectivity index (χ3v) is 3.82. The van der Waals surface area contributed by atoms with Crippen LogP contribution in [0.15, 0.2) is 56.5 Å². The summed E-state index contributed by atoms with van der Waals surface area (Å²) in [4.78, 5) is 16.6. The fourth-order valence-corrected chi connectivity index (χ4v) is 2.53. The summed E-state index contributed by atoms with van der Waals surface area (Å²) in [6.07, 6.45) is 3.39. The molecule has 5 nitrogen and oxygen atoms in total. The fourth-order valence-electron chi connectivity index (χ4n) is 2.19. The third kappa shape index (κ3) is 3.06. The SMILES string of the molecule is C[C@@H]([NH2+]Cc1cc(=O)n2cc(Br)ccc2n1)c1ccco1. The number of rotatable bonds is 4. The second-order valence-electron chi connectivity index (χ2n) is 4.91. The Bertz CT molecular complexity index is 811. The minimum Gasteiger partial charge on any atom is -0.463 e. The molecule has 0 fully saturated rings. The number of furan rings is 1. The maximum absolute atomic E-state index is 12.1. The average molecular weight is 349 g/mol. The molecule has 3 rings (SSSR count). The first kappa shape index (κ1) is 14.0. The topological polar surface area (TPSA) is 64.1 Å². The van der Waals surface area contributed by atoms with Gasteiger partial charge in [0.2, 0.25) is 0 Å². The number of hydrogen-bond acceptors (Lipinski definition) is 3. The minimum absolute atomic E-state index is 0.0737. The van der Waals surface area contributed by atoms with E-state index in [1.54, 1.807) is 18.5 Å². The number of halogens is 1. The molecule has 0 radical (unpaired) electrons. The van der Waals surface area contributed by atoms with Gasteiger partial charge in [-0.15, -0.1) is 0 Å². The van der Waals surface area contributed by atoms with Gasteiger partial charge in [0.1, 0.15) is 23.9 Å². The second kappa shape index (κ2) is 5.83. The van der Waals surface area contributed by atoms with Gasteiger partial charge in [0.25, 0.3) is 5.56 Å². The van der Waals surface area contributed by atoms with Gasteiger partial charge in [-0.2, -0.15) is 0 Å². The first-order valence-corrected chi connectivity index (χ1v) is 7.47. The number of hydrogen-bond donors (Lipinski definition) is 1. The molecule has 0 aliphatic carbocycles. The molecule has 6 heteroatoms. The van der Waals surface area contributed by atoms with Crippen molar-refractivity contribution in [2.24, 2.45) is 0 Å². The number of pyridine rings is 1. The molecule has 2 N–H and O–H groups in total. The van der Waals surface area contributed by atoms with Crippen LogP contribution in [0.3, 0.4) is 0 Å². The van der Waals surface area contributed by atoms with Gasteiger partial charge in [-0.25, -0.2) is 4.98 Å². The molecule has 3 aromatic heterocycles. The van der Waals surface area contributed by atoms with Crippen molar-refractivity contribution in [3.05, 3.63) is 69.1 Å². The van der Waals surface area contributed by atoms with E-state index < -0.39 is 0 Å². The number of fused-ring (bicyclic) bond motifs is 1. The maximum atomic E-state index is 12.1. The summed E-state index contributed by atoms with van der Waals surface area (Å²) in [5.41, 5.74) is 1.34. The van der Waals surface area contributed by atoms with Gasteiger partial charge in [0, 0.05) is 16.7 Å². The summed E-state index contributed by atoms with van der Waals surface area (Å²) in [5.74, 6) is 0.913. The van der Waals surface area contributed by atoms with Crippen molar-refractivity contribution in [1.29, 1.82) is 0 Å². The van der Waals surface area contributed by atoms with Crippen molar-refractivity contribution in [2.75, 3.05) is 0 Å². The molecular weight excluding hydrogens is 334 g/mol. The normalized spacial score (nSPS) is 12.7. The molecule has 0 saturated carbocycles. The standard InChI is InChI=1S/C15H14BrN3O2/c1-10(13-3-2-6-21-13)17-8-12-7-15(20)19-9-11(16)4-5-14(19)18-12/h2-7,9-10,17H,8H2,1H3/p+1/t10-/m1/s1. The van der Waals surface area contributed by atoms with Crippen LogP contribution in [0.4, 0.5) is 0 Å². The number of nitrogens with zero attached hydrogens (tertiary/aromatic N) is 2. The van der Waals surface area contributed by atoms with E-state index in [-0.39, 0.29) is 11.6 Å². The zero-order chi connectivity index (χ0) is 14.8. The van der Waals surface area contributed by atoms with Crippen LogP contribution in [0.5, 0.6) is 0 Å². The third-order valence-electron chi connectivity index (χ3n) is 3.35. The molecule has 0 saturated heterocycles. The van der Waals surface area contributed by atoms with E-state index in [1.165, 1.54) is 4.40 Å². The Kier molecular flexibility index (Phi) is 3.90. The molecule has 3 aromatic rings. The molecule has 3 heterocycles. The van der Waals surface area contributed by atoms with Crippen LogP contribution in [0.25, 0.3) is 5.65 Å². The highest BCUT2D eigenvalue weighted by molar-refractivity contribution is 9.10. The van der Waals surface area contributed by atoms with Gasteiger partial charge >= 0.3 is 0 Å². The Labute approximate surface area is 129 Å². The van der Waals surface area contributed by atoms with E-state index >= 15 is 0 Å². The van der Waals surface area contributed by atoms with Gasteiger partial charge in [0.05, 0.1) is 6.26 Å². The summed E-state index contributed by atoms with van der Waals surface area (Å²) in [7, 11) is 0. The van der Waals surface area contributed by atoms with Crippen molar-refractivity contribution in [3.8, 4) is 0 Å². The monoisotopic (exact) mass is 348 g/mol. The Morgan fingerprint density at radius 1 is 1.43 bits per heavy atom. The van der Waals surface area contributed by atoms with E-state index in [4.69, 9.17) is 4.42 Å². The number of aromatic nitrogens is 2. The smallest absolute Gasteiger partial charge is 0.258 e. The highest BCUT2D eigenvalue weighted by Gasteiger charge is 2.12. The largest absolute Gasteiger partial charge is 0.463 e. The van der Waals surface area contributed by atoms with E-state index in [2.05, 4.69) is 33.2 Å². The lowest BCUT2D eigenvalue weighted by molar-refractivity contribution is -0.710. The Balaban J connectivity index is 1.82. The molecule has 0 unspecified atom stereocenters. The summed E-state index contributed by atoms with van der Waals surface area (Å²) in [5, 5.41) is 2.09. The van der Waals surface area contributed by atoms with Gasteiger partial charge < -0.3 is 9.73 Å². The van der Waals surface area contributed by atoms with Crippen molar-refractivity contribution in [3.63, 3.8) is 0 Å². The van der Waals surface area contributed by atoms with Gasteiger partial charge in [-0.05, 0) is 47.1 Å². The van der Waals surface area contributed by atoms with Crippen molar-refractivity contribution in [2.45, 2.75) is 19.5 Å². The molecule has 21 heavy (non-hydrogen) atoms. The van der Waals surface area contributed by atoms with Crippen molar-refractivity contribution in [1.82, 2.24) is 9.38 Å². The quantitative estimate of drug-likeness (QED) is 0.782. The number of nitrogens with two attached hydrogens (primary N) is 1. The lowest BCUT2D eigenvalue weighted by atomic mass is 10.2. The van der Waals surface area contributed by atoms with Crippen molar-refractivity contribution >= 4 is 21.6 Å². The first-order chi connectivity index (χ1) is 10.1. The summed E-state index contributed by atoms with van der Waals surface area (Å²) >= 11 is 3.35. The lowest BCUT2D eigenvalue weighted by Gasteiger charge is -2.08. The second-order valence-corrected chi connectivity index (χ2v) is 5.82. The van der Waals surface area contributed by atoms with Gasteiger partial charge in [0.15, 0.2) is 5.76 Å². The van der Waals surface area contributed by atoms with E-state index in [0.29, 0.717) is 12.2 Å². The molecule has 0 bridgehead atoms. The molecule has 1 atom stereocenters. The van der Waals surface area contributed by atoms with Crippen LogP contribution >= 0.6 is 15.9 Å². The highest BCUT2D eigenvalue weighted by atomic mass is 79.9. The van der Waals surface area contributed by atoms with Gasteiger partial charge in [-0.1, -0.05) is 0 Å². The molecule has 0 amide bonds. The lowest BCUT2D eigenvalue weighted by Crippen LogP contribution is -2.83. The van der Waals surface area contributed by atoms with Crippen LogP contribution in [-0.2, 0) is 6.54 Å². The van der Waals surface area contributed by atoms with E-state index in [0.717, 1.165) is 15.9 Å². The maximum Gasteiger partial charge on any atom is 0.258 e. The molecule has 0 aliphatic heterocycles. The van der Waals surface area contributed by atoms with Gasteiger partial charge in [-0.3, -0.25) is 9.20 Å². The van der Waals surface area contributed by atoms with Crippen LogP contribution in [0.2, 0.25) is 0 Å². The molecular formula is C15H15BrN3O2+. The van der Waals surface area contributed by atoms with E-state index in [1.807, 2.05) is 24.3 Å².